The molecule has 0 spiro atoms. The molecule has 140 valence electrons. The van der Waals surface area contributed by atoms with Crippen LogP contribution in [0.4, 0.5) is 0 Å². The van der Waals surface area contributed by atoms with Gasteiger partial charge in [-0.25, -0.2) is 5.43 Å². The summed E-state index contributed by atoms with van der Waals surface area (Å²) in [5, 5.41) is 6.61. The molecule has 5 heteroatoms. The van der Waals surface area contributed by atoms with E-state index in [1.807, 2.05) is 91.0 Å². The predicted molar refractivity (Wildman–Crippen MR) is 110 cm³/mol. The van der Waals surface area contributed by atoms with Crippen molar-refractivity contribution in [1.29, 1.82) is 0 Å². The summed E-state index contributed by atoms with van der Waals surface area (Å²) in [6.07, 6.45) is 1.55. The highest BCUT2D eigenvalue weighted by Crippen LogP contribution is 2.24. The van der Waals surface area contributed by atoms with E-state index in [0.29, 0.717) is 0 Å². The SMILES string of the molecule is O=C(CNC(=O)C(c1ccccc1)c1ccccc1)N/N=C/c1ccccc1. The number of nitrogens with zero attached hydrogens (tertiary/aromatic N) is 1. The first kappa shape index (κ1) is 19.0. The van der Waals surface area contributed by atoms with Crippen LogP contribution in [0.25, 0.3) is 0 Å². The number of rotatable bonds is 7. The summed E-state index contributed by atoms with van der Waals surface area (Å²) in [6.45, 7) is -0.152. The number of amides is 2. The van der Waals surface area contributed by atoms with E-state index in [1.54, 1.807) is 6.21 Å². The monoisotopic (exact) mass is 371 g/mol. The lowest BCUT2D eigenvalue weighted by atomic mass is 9.90. The van der Waals surface area contributed by atoms with Crippen molar-refractivity contribution in [3.05, 3.63) is 108 Å². The lowest BCUT2D eigenvalue weighted by Gasteiger charge is -2.17. The van der Waals surface area contributed by atoms with E-state index in [1.165, 1.54) is 0 Å². The first-order chi connectivity index (χ1) is 13.7. The van der Waals surface area contributed by atoms with Crippen molar-refractivity contribution >= 4 is 18.0 Å². The van der Waals surface area contributed by atoms with Crippen molar-refractivity contribution in [2.45, 2.75) is 5.92 Å². The molecule has 0 heterocycles. The van der Waals surface area contributed by atoms with Gasteiger partial charge in [-0.05, 0) is 16.7 Å². The molecule has 3 aromatic carbocycles. The van der Waals surface area contributed by atoms with Crippen LogP contribution >= 0.6 is 0 Å². The highest BCUT2D eigenvalue weighted by Gasteiger charge is 2.22. The minimum atomic E-state index is -0.483. The van der Waals surface area contributed by atoms with Gasteiger partial charge in [0.1, 0.15) is 0 Å². The van der Waals surface area contributed by atoms with Gasteiger partial charge in [0, 0.05) is 0 Å². The van der Waals surface area contributed by atoms with Gasteiger partial charge >= 0.3 is 0 Å². The number of hydrazone groups is 1. The summed E-state index contributed by atoms with van der Waals surface area (Å²) in [6, 6.07) is 28.4. The van der Waals surface area contributed by atoms with Gasteiger partial charge in [-0.15, -0.1) is 0 Å². The minimum Gasteiger partial charge on any atom is -0.346 e. The highest BCUT2D eigenvalue weighted by atomic mass is 16.2. The fourth-order valence-electron chi connectivity index (χ4n) is 2.81. The Morgan fingerprint density at radius 2 is 1.29 bits per heavy atom. The van der Waals surface area contributed by atoms with Gasteiger partial charge in [0.25, 0.3) is 5.91 Å². The smallest absolute Gasteiger partial charge is 0.259 e. The van der Waals surface area contributed by atoms with Crippen molar-refractivity contribution in [3.63, 3.8) is 0 Å². The van der Waals surface area contributed by atoms with Crippen molar-refractivity contribution in [3.8, 4) is 0 Å². The molecule has 0 radical (unpaired) electrons. The van der Waals surface area contributed by atoms with Crippen LogP contribution in [-0.4, -0.2) is 24.6 Å². The van der Waals surface area contributed by atoms with Crippen molar-refractivity contribution in [2.75, 3.05) is 6.54 Å². The molecule has 2 N–H and O–H groups in total. The lowest BCUT2D eigenvalue weighted by Crippen LogP contribution is -2.37. The Balaban J connectivity index is 1.61. The molecule has 0 saturated carbocycles. The molecular formula is C23H21N3O2. The first-order valence-corrected chi connectivity index (χ1v) is 8.98. The normalized spacial score (nSPS) is 10.8. The molecule has 0 aliphatic carbocycles. The van der Waals surface area contributed by atoms with Crippen molar-refractivity contribution in [1.82, 2.24) is 10.7 Å². The van der Waals surface area contributed by atoms with Gasteiger partial charge in [0.15, 0.2) is 0 Å². The van der Waals surface area contributed by atoms with Crippen LogP contribution in [0.1, 0.15) is 22.6 Å². The topological polar surface area (TPSA) is 70.6 Å². The zero-order chi connectivity index (χ0) is 19.6. The van der Waals surface area contributed by atoms with E-state index in [9.17, 15) is 9.59 Å². The van der Waals surface area contributed by atoms with Crippen LogP contribution in [0, 0.1) is 0 Å². The van der Waals surface area contributed by atoms with Crippen molar-refractivity contribution in [2.24, 2.45) is 5.10 Å². The molecule has 0 aliphatic rings. The van der Waals surface area contributed by atoms with E-state index >= 15 is 0 Å². The number of hydrogen-bond acceptors (Lipinski definition) is 3. The molecule has 28 heavy (non-hydrogen) atoms. The summed E-state index contributed by atoms with van der Waals surface area (Å²) >= 11 is 0. The average molecular weight is 371 g/mol. The maximum absolute atomic E-state index is 12.8. The Bertz CT molecular complexity index is 886. The predicted octanol–water partition coefficient (Wildman–Crippen LogP) is 3.09. The molecule has 2 amide bonds. The Morgan fingerprint density at radius 3 is 1.82 bits per heavy atom. The fraction of sp³-hybridized carbons (Fsp3) is 0.0870. The van der Waals surface area contributed by atoms with Crippen LogP contribution in [0.2, 0.25) is 0 Å². The molecule has 5 nitrogen and oxygen atoms in total. The summed E-state index contributed by atoms with van der Waals surface area (Å²) in [5.41, 5.74) is 5.03. The summed E-state index contributed by atoms with van der Waals surface area (Å²) in [7, 11) is 0. The molecule has 0 aliphatic heterocycles. The van der Waals surface area contributed by atoms with Gasteiger partial charge in [0.2, 0.25) is 5.91 Å². The molecule has 0 unspecified atom stereocenters. The van der Waals surface area contributed by atoms with Crippen LogP contribution in [0.3, 0.4) is 0 Å². The molecule has 3 aromatic rings. The molecule has 0 aromatic heterocycles. The van der Waals surface area contributed by atoms with Gasteiger partial charge < -0.3 is 5.32 Å². The molecule has 0 atom stereocenters. The third-order valence-corrected chi connectivity index (χ3v) is 4.15. The lowest BCUT2D eigenvalue weighted by molar-refractivity contribution is -0.126. The maximum Gasteiger partial charge on any atom is 0.259 e. The number of hydrogen-bond donors (Lipinski definition) is 2. The number of nitrogens with one attached hydrogen (secondary N) is 2. The van der Waals surface area contributed by atoms with Gasteiger partial charge in [-0.3, -0.25) is 9.59 Å². The molecule has 0 fully saturated rings. The quantitative estimate of drug-likeness (QED) is 0.495. The Hall–Kier alpha value is -3.73. The number of benzene rings is 3. The largest absolute Gasteiger partial charge is 0.346 e. The molecule has 0 saturated heterocycles. The van der Waals surface area contributed by atoms with Gasteiger partial charge in [-0.1, -0.05) is 91.0 Å². The summed E-state index contributed by atoms with van der Waals surface area (Å²) in [4.78, 5) is 24.8. The van der Waals surface area contributed by atoms with Gasteiger partial charge in [0.05, 0.1) is 18.7 Å². The second kappa shape index (κ2) is 9.83. The van der Waals surface area contributed by atoms with Crippen LogP contribution in [0.15, 0.2) is 96.1 Å². The fourth-order valence-corrected chi connectivity index (χ4v) is 2.81. The van der Waals surface area contributed by atoms with E-state index in [4.69, 9.17) is 0 Å². The number of carbonyl (C=O) groups is 2. The van der Waals surface area contributed by atoms with E-state index in [0.717, 1.165) is 16.7 Å². The van der Waals surface area contributed by atoms with E-state index < -0.39 is 5.92 Å². The van der Waals surface area contributed by atoms with Gasteiger partial charge in [-0.2, -0.15) is 5.10 Å². The maximum atomic E-state index is 12.8. The second-order valence-electron chi connectivity index (χ2n) is 6.18. The number of carbonyl (C=O) groups excluding carboxylic acids is 2. The zero-order valence-corrected chi connectivity index (χ0v) is 15.3. The Morgan fingerprint density at radius 1 is 0.786 bits per heavy atom. The van der Waals surface area contributed by atoms with Crippen molar-refractivity contribution < 1.29 is 9.59 Å². The standard InChI is InChI=1S/C23H21N3O2/c27-21(26-25-16-18-10-4-1-5-11-18)17-24-23(28)22(19-12-6-2-7-13-19)20-14-8-3-9-15-20/h1-16,22H,17H2,(H,24,28)(H,26,27)/b25-16+. The van der Waals surface area contributed by atoms with Crippen LogP contribution < -0.4 is 10.7 Å². The highest BCUT2D eigenvalue weighted by molar-refractivity contribution is 5.91. The second-order valence-corrected chi connectivity index (χ2v) is 6.18. The first-order valence-electron chi connectivity index (χ1n) is 8.98. The third kappa shape index (κ3) is 5.38. The van der Waals surface area contributed by atoms with E-state index in [-0.39, 0.29) is 18.4 Å². The van der Waals surface area contributed by atoms with Crippen LogP contribution in [-0.2, 0) is 9.59 Å². The van der Waals surface area contributed by atoms with E-state index in [2.05, 4.69) is 15.8 Å². The third-order valence-electron chi connectivity index (χ3n) is 4.15. The molecular weight excluding hydrogens is 350 g/mol. The zero-order valence-electron chi connectivity index (χ0n) is 15.3. The Labute approximate surface area is 164 Å². The molecule has 0 bridgehead atoms. The summed E-state index contributed by atoms with van der Waals surface area (Å²) in [5.74, 6) is -1.11. The minimum absolute atomic E-state index is 0.152. The Kier molecular flexibility index (Phi) is 6.68. The summed E-state index contributed by atoms with van der Waals surface area (Å²) < 4.78 is 0. The average Bonchev–Trinajstić information content (AvgIpc) is 2.75. The molecule has 3 rings (SSSR count). The van der Waals surface area contributed by atoms with Crippen LogP contribution in [0.5, 0.6) is 0 Å².